The highest BCUT2D eigenvalue weighted by atomic mass is 16.5. The Labute approximate surface area is 158 Å². The van der Waals surface area contributed by atoms with Gasteiger partial charge in [0.2, 0.25) is 0 Å². The molecule has 5 heteroatoms. The standard InChI is InChI=1S/C21H35N3O2/c1-4-22-21(23-13-10-19-8-6-18(2)7-9-19)24-14-11-20(12-15-24)26-17-5-16-25-3/h6-9,20H,4-5,10-17H2,1-3H3,(H,22,23). The van der Waals surface area contributed by atoms with Crippen LogP contribution in [0.25, 0.3) is 0 Å². The van der Waals surface area contributed by atoms with E-state index in [9.17, 15) is 0 Å². The molecule has 0 aliphatic carbocycles. The lowest BCUT2D eigenvalue weighted by Crippen LogP contribution is -2.47. The van der Waals surface area contributed by atoms with Crippen LogP contribution in [-0.2, 0) is 15.9 Å². The van der Waals surface area contributed by atoms with E-state index >= 15 is 0 Å². The topological polar surface area (TPSA) is 46.1 Å². The van der Waals surface area contributed by atoms with Crippen molar-refractivity contribution in [2.75, 3.05) is 46.5 Å². The Balaban J connectivity index is 1.77. The number of nitrogens with zero attached hydrogens (tertiary/aromatic N) is 2. The summed E-state index contributed by atoms with van der Waals surface area (Å²) in [4.78, 5) is 7.21. The van der Waals surface area contributed by atoms with Crippen LogP contribution in [0, 0.1) is 6.92 Å². The van der Waals surface area contributed by atoms with Gasteiger partial charge in [0.1, 0.15) is 0 Å². The fourth-order valence-corrected chi connectivity index (χ4v) is 3.16. The van der Waals surface area contributed by atoms with Crippen LogP contribution in [0.3, 0.4) is 0 Å². The predicted molar refractivity (Wildman–Crippen MR) is 108 cm³/mol. The van der Waals surface area contributed by atoms with Gasteiger partial charge in [-0.3, -0.25) is 4.99 Å². The number of methoxy groups -OCH3 is 1. The second-order valence-corrected chi connectivity index (χ2v) is 6.87. The molecular formula is C21H35N3O2. The molecule has 1 aromatic carbocycles. The maximum absolute atomic E-state index is 5.95. The number of hydrogen-bond acceptors (Lipinski definition) is 3. The van der Waals surface area contributed by atoms with Gasteiger partial charge in [0.25, 0.3) is 0 Å². The minimum Gasteiger partial charge on any atom is -0.385 e. The smallest absolute Gasteiger partial charge is 0.193 e. The van der Waals surface area contributed by atoms with Gasteiger partial charge >= 0.3 is 0 Å². The summed E-state index contributed by atoms with van der Waals surface area (Å²) < 4.78 is 11.0. The number of hydrogen-bond donors (Lipinski definition) is 1. The second-order valence-electron chi connectivity index (χ2n) is 6.87. The van der Waals surface area contributed by atoms with Gasteiger partial charge in [-0.15, -0.1) is 0 Å². The molecule has 2 rings (SSSR count). The van der Waals surface area contributed by atoms with E-state index in [4.69, 9.17) is 14.5 Å². The average Bonchev–Trinajstić information content (AvgIpc) is 2.67. The Hall–Kier alpha value is -1.59. The minimum atomic E-state index is 0.374. The monoisotopic (exact) mass is 361 g/mol. The quantitative estimate of drug-likeness (QED) is 0.417. The third kappa shape index (κ3) is 7.34. The van der Waals surface area contributed by atoms with Crippen LogP contribution in [-0.4, -0.2) is 63.5 Å². The molecule has 1 heterocycles. The molecular weight excluding hydrogens is 326 g/mol. The van der Waals surface area contributed by atoms with Crippen molar-refractivity contribution in [3.63, 3.8) is 0 Å². The molecule has 146 valence electrons. The highest BCUT2D eigenvalue weighted by molar-refractivity contribution is 5.80. The molecule has 26 heavy (non-hydrogen) atoms. The van der Waals surface area contributed by atoms with Crippen molar-refractivity contribution in [1.82, 2.24) is 10.2 Å². The van der Waals surface area contributed by atoms with Gasteiger partial charge in [-0.2, -0.15) is 0 Å². The summed E-state index contributed by atoms with van der Waals surface area (Å²) in [7, 11) is 1.74. The fraction of sp³-hybridized carbons (Fsp3) is 0.667. The number of ether oxygens (including phenoxy) is 2. The molecule has 0 saturated carbocycles. The molecule has 1 N–H and O–H groups in total. The van der Waals surface area contributed by atoms with E-state index in [-0.39, 0.29) is 0 Å². The SMILES string of the molecule is CCNC(=NCCc1ccc(C)cc1)N1CCC(OCCCOC)CC1. The maximum atomic E-state index is 5.95. The first-order valence-electron chi connectivity index (χ1n) is 9.92. The van der Waals surface area contributed by atoms with Crippen LogP contribution in [0.5, 0.6) is 0 Å². The minimum absolute atomic E-state index is 0.374. The van der Waals surface area contributed by atoms with Crippen LogP contribution in [0.2, 0.25) is 0 Å². The Morgan fingerprint density at radius 1 is 1.19 bits per heavy atom. The number of rotatable bonds is 9. The zero-order valence-corrected chi connectivity index (χ0v) is 16.7. The lowest BCUT2D eigenvalue weighted by Gasteiger charge is -2.34. The normalized spacial score (nSPS) is 16.1. The molecule has 0 aromatic heterocycles. The summed E-state index contributed by atoms with van der Waals surface area (Å²) in [6.07, 6.45) is 4.46. The summed E-state index contributed by atoms with van der Waals surface area (Å²) in [5.41, 5.74) is 2.65. The Morgan fingerprint density at radius 3 is 2.58 bits per heavy atom. The largest absolute Gasteiger partial charge is 0.385 e. The molecule has 0 radical (unpaired) electrons. The van der Waals surface area contributed by atoms with Crippen LogP contribution in [0.4, 0.5) is 0 Å². The van der Waals surface area contributed by atoms with Crippen LogP contribution in [0.1, 0.15) is 37.3 Å². The number of likely N-dealkylation sites (tertiary alicyclic amines) is 1. The lowest BCUT2D eigenvalue weighted by atomic mass is 10.1. The number of aliphatic imine (C=N–C) groups is 1. The van der Waals surface area contributed by atoms with Gasteiger partial charge in [0, 0.05) is 46.5 Å². The number of benzene rings is 1. The van der Waals surface area contributed by atoms with Crippen molar-refractivity contribution in [3.05, 3.63) is 35.4 Å². The predicted octanol–water partition coefficient (Wildman–Crippen LogP) is 3.02. The van der Waals surface area contributed by atoms with Gasteiger partial charge < -0.3 is 19.7 Å². The van der Waals surface area contributed by atoms with Crippen molar-refractivity contribution in [2.45, 2.75) is 45.6 Å². The fourth-order valence-electron chi connectivity index (χ4n) is 3.16. The van der Waals surface area contributed by atoms with Gasteiger partial charge in [-0.1, -0.05) is 29.8 Å². The third-order valence-corrected chi connectivity index (χ3v) is 4.71. The number of piperidine rings is 1. The molecule has 0 bridgehead atoms. The molecule has 1 aliphatic rings. The molecule has 1 saturated heterocycles. The first-order valence-corrected chi connectivity index (χ1v) is 9.92. The van der Waals surface area contributed by atoms with E-state index < -0.39 is 0 Å². The molecule has 0 atom stereocenters. The average molecular weight is 362 g/mol. The number of aryl methyl sites for hydroxylation is 1. The maximum Gasteiger partial charge on any atom is 0.193 e. The van der Waals surface area contributed by atoms with E-state index in [0.29, 0.717) is 6.10 Å². The first-order chi connectivity index (χ1) is 12.7. The highest BCUT2D eigenvalue weighted by Gasteiger charge is 2.21. The molecule has 1 aliphatic heterocycles. The molecule has 0 spiro atoms. The molecule has 0 unspecified atom stereocenters. The summed E-state index contributed by atoms with van der Waals surface area (Å²) in [5, 5.41) is 3.44. The zero-order valence-electron chi connectivity index (χ0n) is 16.7. The van der Waals surface area contributed by atoms with E-state index in [1.54, 1.807) is 7.11 Å². The van der Waals surface area contributed by atoms with Crippen molar-refractivity contribution in [3.8, 4) is 0 Å². The number of guanidine groups is 1. The first kappa shape index (κ1) is 20.7. The molecule has 0 amide bonds. The van der Waals surface area contributed by atoms with Gasteiger partial charge in [0.05, 0.1) is 6.10 Å². The van der Waals surface area contributed by atoms with E-state index in [2.05, 4.69) is 48.3 Å². The Bertz CT molecular complexity index is 523. The van der Waals surface area contributed by atoms with E-state index in [1.807, 2.05) is 0 Å². The van der Waals surface area contributed by atoms with Crippen LogP contribution >= 0.6 is 0 Å². The van der Waals surface area contributed by atoms with Gasteiger partial charge in [-0.05, 0) is 45.1 Å². The van der Waals surface area contributed by atoms with Gasteiger partial charge in [0.15, 0.2) is 5.96 Å². The van der Waals surface area contributed by atoms with Gasteiger partial charge in [-0.25, -0.2) is 0 Å². The zero-order chi connectivity index (χ0) is 18.6. The van der Waals surface area contributed by atoms with Crippen LogP contribution in [0.15, 0.2) is 29.3 Å². The third-order valence-electron chi connectivity index (χ3n) is 4.71. The van der Waals surface area contributed by atoms with E-state index in [0.717, 1.165) is 71.0 Å². The summed E-state index contributed by atoms with van der Waals surface area (Å²) in [6.45, 7) is 9.55. The van der Waals surface area contributed by atoms with E-state index in [1.165, 1.54) is 11.1 Å². The molecule has 5 nitrogen and oxygen atoms in total. The lowest BCUT2D eigenvalue weighted by molar-refractivity contribution is 0.00991. The highest BCUT2D eigenvalue weighted by Crippen LogP contribution is 2.14. The van der Waals surface area contributed by atoms with Crippen LogP contribution < -0.4 is 5.32 Å². The second kappa shape index (κ2) is 11.9. The van der Waals surface area contributed by atoms with Crippen molar-refractivity contribution < 1.29 is 9.47 Å². The number of nitrogens with one attached hydrogen (secondary N) is 1. The summed E-state index contributed by atoms with van der Waals surface area (Å²) in [5.74, 6) is 1.04. The Morgan fingerprint density at radius 2 is 1.92 bits per heavy atom. The van der Waals surface area contributed by atoms with Crippen molar-refractivity contribution >= 4 is 5.96 Å². The van der Waals surface area contributed by atoms with Crippen molar-refractivity contribution in [1.29, 1.82) is 0 Å². The summed E-state index contributed by atoms with van der Waals surface area (Å²) >= 11 is 0. The summed E-state index contributed by atoms with van der Waals surface area (Å²) in [6, 6.07) is 8.73. The molecule has 1 fully saturated rings. The molecule has 1 aromatic rings. The Kier molecular flexibility index (Phi) is 9.50. The van der Waals surface area contributed by atoms with Crippen molar-refractivity contribution in [2.24, 2.45) is 4.99 Å².